The molecule has 0 N–H and O–H groups in total. The second-order valence-electron chi connectivity index (χ2n) is 7.84. The van der Waals surface area contributed by atoms with Gasteiger partial charge in [-0.2, -0.15) is 4.31 Å². The van der Waals surface area contributed by atoms with E-state index in [-0.39, 0.29) is 26.8 Å². The summed E-state index contributed by atoms with van der Waals surface area (Å²) < 4.78 is 27.8. The van der Waals surface area contributed by atoms with Crippen LogP contribution in [0, 0.1) is 10.8 Å². The smallest absolute Gasteiger partial charge is 0.207 e. The first kappa shape index (κ1) is 16.6. The van der Waals surface area contributed by atoms with E-state index in [0.717, 1.165) is 19.3 Å². The molecule has 1 aliphatic carbocycles. The van der Waals surface area contributed by atoms with E-state index < -0.39 is 10.0 Å². The average molecular weight is 362 g/mol. The van der Waals surface area contributed by atoms with Gasteiger partial charge in [0.1, 0.15) is 4.90 Å². The molecule has 1 aliphatic heterocycles. The molecule has 0 amide bonds. The molecule has 1 aromatic rings. The van der Waals surface area contributed by atoms with Crippen molar-refractivity contribution < 1.29 is 8.42 Å². The number of hydrogen-bond donors (Lipinski definition) is 0. The summed E-state index contributed by atoms with van der Waals surface area (Å²) >= 11 is 12.1. The number of sulfonamides is 1. The maximum absolute atomic E-state index is 13.1. The maximum atomic E-state index is 13.1. The second kappa shape index (κ2) is 5.10. The van der Waals surface area contributed by atoms with Crippen molar-refractivity contribution in [2.75, 3.05) is 6.54 Å². The van der Waals surface area contributed by atoms with E-state index in [1.54, 1.807) is 16.4 Å². The molecule has 3 rings (SSSR count). The Bertz CT molecular complexity index is 717. The normalized spacial score (nSPS) is 31.4. The molecule has 1 heterocycles. The van der Waals surface area contributed by atoms with Crippen molar-refractivity contribution in [3.05, 3.63) is 28.2 Å². The lowest BCUT2D eigenvalue weighted by Gasteiger charge is -2.39. The zero-order chi connectivity index (χ0) is 16.3. The second-order valence-corrected chi connectivity index (χ2v) is 10.5. The Morgan fingerprint density at radius 2 is 1.86 bits per heavy atom. The first-order chi connectivity index (χ1) is 10.0. The highest BCUT2D eigenvalue weighted by Gasteiger charge is 2.53. The van der Waals surface area contributed by atoms with Crippen molar-refractivity contribution >= 4 is 33.2 Å². The van der Waals surface area contributed by atoms with Gasteiger partial charge < -0.3 is 0 Å². The highest BCUT2D eigenvalue weighted by atomic mass is 35.5. The fraction of sp³-hybridized carbons (Fsp3) is 0.625. The van der Waals surface area contributed by atoms with Crippen molar-refractivity contribution in [2.24, 2.45) is 10.8 Å². The molecule has 1 aromatic carbocycles. The lowest BCUT2D eigenvalue weighted by molar-refractivity contribution is 0.133. The van der Waals surface area contributed by atoms with E-state index in [9.17, 15) is 8.42 Å². The number of hydrogen-bond acceptors (Lipinski definition) is 2. The highest BCUT2D eigenvalue weighted by Crippen LogP contribution is 2.53. The number of nitrogens with zero attached hydrogens (tertiary/aromatic N) is 1. The summed E-state index contributed by atoms with van der Waals surface area (Å²) in [5.74, 6) is 0. The molecule has 6 heteroatoms. The van der Waals surface area contributed by atoms with E-state index in [4.69, 9.17) is 23.2 Å². The first-order valence-electron chi connectivity index (χ1n) is 7.49. The third-order valence-corrected chi connectivity index (χ3v) is 7.46. The lowest BCUT2D eigenvalue weighted by Crippen LogP contribution is -2.37. The van der Waals surface area contributed by atoms with Crippen LogP contribution in [-0.2, 0) is 10.0 Å². The first-order valence-corrected chi connectivity index (χ1v) is 9.69. The molecule has 22 heavy (non-hydrogen) atoms. The molecule has 2 unspecified atom stereocenters. The molecule has 0 spiro atoms. The third-order valence-electron chi connectivity index (χ3n) is 4.85. The Morgan fingerprint density at radius 3 is 2.55 bits per heavy atom. The zero-order valence-corrected chi connectivity index (χ0v) is 15.4. The highest BCUT2D eigenvalue weighted by molar-refractivity contribution is 7.89. The Kier molecular flexibility index (Phi) is 3.84. The molecule has 2 fully saturated rings. The minimum atomic E-state index is -3.62. The van der Waals surface area contributed by atoms with Gasteiger partial charge in [0.15, 0.2) is 0 Å². The third kappa shape index (κ3) is 2.79. The molecule has 1 saturated heterocycles. The van der Waals surface area contributed by atoms with Gasteiger partial charge in [-0.05, 0) is 48.3 Å². The van der Waals surface area contributed by atoms with Crippen LogP contribution in [0.2, 0.25) is 10.0 Å². The molecule has 2 atom stereocenters. The maximum Gasteiger partial charge on any atom is 0.244 e. The molecule has 122 valence electrons. The van der Waals surface area contributed by atoms with Crippen molar-refractivity contribution in [2.45, 2.75) is 51.0 Å². The quantitative estimate of drug-likeness (QED) is 0.772. The van der Waals surface area contributed by atoms with Crippen LogP contribution in [0.25, 0.3) is 0 Å². The van der Waals surface area contributed by atoms with E-state index >= 15 is 0 Å². The number of halogens is 2. The van der Waals surface area contributed by atoms with Crippen molar-refractivity contribution in [3.8, 4) is 0 Å². The van der Waals surface area contributed by atoms with Crippen molar-refractivity contribution in [1.29, 1.82) is 0 Å². The van der Waals surface area contributed by atoms with Crippen LogP contribution in [0.1, 0.15) is 40.0 Å². The summed E-state index contributed by atoms with van der Waals surface area (Å²) in [6.45, 7) is 7.20. The van der Waals surface area contributed by atoms with Crippen LogP contribution >= 0.6 is 23.2 Å². The molecule has 0 aromatic heterocycles. The molecule has 0 radical (unpaired) electrons. The van der Waals surface area contributed by atoms with Crippen LogP contribution in [0.4, 0.5) is 0 Å². The van der Waals surface area contributed by atoms with Crippen molar-refractivity contribution in [1.82, 2.24) is 4.31 Å². The SMILES string of the molecule is CC1(C)CC2CC(C)(CN2S(=O)(=O)c2cc(Cl)ccc2Cl)C1. The van der Waals surface area contributed by atoms with E-state index in [1.807, 2.05) is 0 Å². The van der Waals surface area contributed by atoms with Gasteiger partial charge in [0.2, 0.25) is 10.0 Å². The van der Waals surface area contributed by atoms with Crippen LogP contribution in [0.5, 0.6) is 0 Å². The van der Waals surface area contributed by atoms with Crippen LogP contribution in [0.3, 0.4) is 0 Å². The molecular weight excluding hydrogens is 341 g/mol. The Hall–Kier alpha value is -0.290. The Labute approximate surface area is 142 Å². The summed E-state index contributed by atoms with van der Waals surface area (Å²) in [6, 6.07) is 4.66. The van der Waals surface area contributed by atoms with Crippen molar-refractivity contribution in [3.63, 3.8) is 0 Å². The van der Waals surface area contributed by atoms with Gasteiger partial charge in [-0.15, -0.1) is 0 Å². The topological polar surface area (TPSA) is 37.4 Å². The largest absolute Gasteiger partial charge is 0.244 e. The van der Waals surface area contributed by atoms with E-state index in [1.165, 1.54) is 6.07 Å². The molecule has 3 nitrogen and oxygen atoms in total. The van der Waals surface area contributed by atoms with Gasteiger partial charge in [0.05, 0.1) is 5.02 Å². The van der Waals surface area contributed by atoms with Crippen LogP contribution < -0.4 is 0 Å². The van der Waals surface area contributed by atoms with Crippen LogP contribution in [0.15, 0.2) is 23.1 Å². The van der Waals surface area contributed by atoms with Gasteiger partial charge in [0, 0.05) is 17.6 Å². The van der Waals surface area contributed by atoms with E-state index in [0.29, 0.717) is 11.6 Å². The number of benzene rings is 1. The van der Waals surface area contributed by atoms with Gasteiger partial charge in [-0.1, -0.05) is 44.0 Å². The molecular formula is C16H21Cl2NO2S. The predicted octanol–water partition coefficient (Wildman–Crippen LogP) is 4.58. The number of fused-ring (bicyclic) bond motifs is 2. The minimum absolute atomic E-state index is 0.0462. The average Bonchev–Trinajstić information content (AvgIpc) is 2.62. The summed E-state index contributed by atoms with van der Waals surface area (Å²) in [5, 5.41) is 0.618. The summed E-state index contributed by atoms with van der Waals surface area (Å²) in [6.07, 6.45) is 2.86. The summed E-state index contributed by atoms with van der Waals surface area (Å²) in [5.41, 5.74) is 0.213. The lowest BCUT2D eigenvalue weighted by atomic mass is 9.65. The van der Waals surface area contributed by atoms with Gasteiger partial charge in [-0.3, -0.25) is 0 Å². The minimum Gasteiger partial charge on any atom is -0.207 e. The fourth-order valence-electron chi connectivity index (χ4n) is 4.49. The fourth-order valence-corrected chi connectivity index (χ4v) is 7.00. The predicted molar refractivity (Wildman–Crippen MR) is 89.9 cm³/mol. The summed E-state index contributed by atoms with van der Waals surface area (Å²) in [7, 11) is -3.62. The molecule has 2 bridgehead atoms. The standard InChI is InChI=1S/C16H21Cl2NO2S/c1-15(2)7-12-8-16(3,9-15)10-19(12)22(20,21)14-6-11(17)4-5-13(14)18/h4-6,12H,7-10H2,1-3H3. The van der Waals surface area contributed by atoms with Gasteiger partial charge in [0.25, 0.3) is 0 Å². The monoisotopic (exact) mass is 361 g/mol. The number of rotatable bonds is 2. The van der Waals surface area contributed by atoms with Gasteiger partial charge in [-0.25, -0.2) is 8.42 Å². The molecule has 2 aliphatic rings. The zero-order valence-electron chi connectivity index (χ0n) is 13.1. The summed E-state index contributed by atoms with van der Waals surface area (Å²) in [4.78, 5) is 0.121. The van der Waals surface area contributed by atoms with Crippen LogP contribution in [-0.4, -0.2) is 25.3 Å². The van der Waals surface area contributed by atoms with Gasteiger partial charge >= 0.3 is 0 Å². The van der Waals surface area contributed by atoms with E-state index in [2.05, 4.69) is 20.8 Å². The Balaban J connectivity index is 2.02. The Morgan fingerprint density at radius 1 is 1.18 bits per heavy atom. The molecule has 1 saturated carbocycles.